The number of rotatable bonds is 1. The minimum atomic E-state index is 0. The zero-order valence-electron chi connectivity index (χ0n) is 6.69. The molecule has 2 heterocycles. The van der Waals surface area contributed by atoms with Crippen molar-refractivity contribution >= 4 is 28.9 Å². The fraction of sp³-hybridized carbons (Fsp3) is 0.571. The van der Waals surface area contributed by atoms with Crippen molar-refractivity contribution in [1.82, 2.24) is 10.3 Å². The first kappa shape index (κ1) is 9.77. The van der Waals surface area contributed by atoms with E-state index in [9.17, 15) is 0 Å². The van der Waals surface area contributed by atoms with Crippen LogP contribution >= 0.6 is 23.7 Å². The lowest BCUT2D eigenvalue weighted by molar-refractivity contribution is 0.588. The molecule has 0 atom stereocenters. The number of nitrogens with zero attached hydrogens (tertiary/aromatic N) is 2. The van der Waals surface area contributed by atoms with Crippen LogP contribution in [0.3, 0.4) is 0 Å². The van der Waals surface area contributed by atoms with Gasteiger partial charge >= 0.3 is 0 Å². The zero-order chi connectivity index (χ0) is 7.52. The molecule has 3 nitrogen and oxygen atoms in total. The van der Waals surface area contributed by atoms with Crippen LogP contribution in [0.4, 0.5) is 5.13 Å². The van der Waals surface area contributed by atoms with Crippen LogP contribution in [0.5, 0.6) is 0 Å². The van der Waals surface area contributed by atoms with Crippen LogP contribution in [-0.4, -0.2) is 31.2 Å². The Morgan fingerprint density at radius 2 is 2.17 bits per heavy atom. The zero-order valence-corrected chi connectivity index (χ0v) is 8.33. The molecule has 1 saturated heterocycles. The first-order chi connectivity index (χ1) is 5.47. The van der Waals surface area contributed by atoms with Crippen LogP contribution in [0.1, 0.15) is 0 Å². The van der Waals surface area contributed by atoms with Gasteiger partial charge in [0.1, 0.15) is 0 Å². The third-order valence-electron chi connectivity index (χ3n) is 1.81. The first-order valence-electron chi connectivity index (χ1n) is 3.82. The molecular weight excluding hydrogens is 194 g/mol. The Morgan fingerprint density at radius 3 is 2.75 bits per heavy atom. The molecule has 0 saturated carbocycles. The molecule has 0 spiro atoms. The molecule has 0 amide bonds. The molecule has 12 heavy (non-hydrogen) atoms. The molecule has 0 bridgehead atoms. The van der Waals surface area contributed by atoms with E-state index in [2.05, 4.69) is 15.2 Å². The van der Waals surface area contributed by atoms with E-state index < -0.39 is 0 Å². The van der Waals surface area contributed by atoms with Gasteiger partial charge in [0.2, 0.25) is 0 Å². The Hall–Kier alpha value is -0.320. The Labute approximate surface area is 82.2 Å². The van der Waals surface area contributed by atoms with Crippen LogP contribution in [-0.2, 0) is 0 Å². The lowest BCUT2D eigenvalue weighted by Gasteiger charge is -2.26. The fourth-order valence-electron chi connectivity index (χ4n) is 1.23. The summed E-state index contributed by atoms with van der Waals surface area (Å²) in [7, 11) is 0. The SMILES string of the molecule is Cl.c1csc(N2CCNCC2)n1. The highest BCUT2D eigenvalue weighted by atomic mass is 35.5. The third-order valence-corrected chi connectivity index (χ3v) is 2.64. The van der Waals surface area contributed by atoms with Gasteiger partial charge in [-0.25, -0.2) is 4.98 Å². The number of aromatic nitrogens is 1. The quantitative estimate of drug-likeness (QED) is 0.741. The number of thiazole rings is 1. The summed E-state index contributed by atoms with van der Waals surface area (Å²) in [5.74, 6) is 0. The van der Waals surface area contributed by atoms with E-state index in [-0.39, 0.29) is 12.4 Å². The Morgan fingerprint density at radius 1 is 1.42 bits per heavy atom. The highest BCUT2D eigenvalue weighted by Crippen LogP contribution is 2.16. The van der Waals surface area contributed by atoms with Crippen molar-refractivity contribution in [3.63, 3.8) is 0 Å². The maximum atomic E-state index is 4.26. The van der Waals surface area contributed by atoms with E-state index in [1.807, 2.05) is 11.6 Å². The van der Waals surface area contributed by atoms with Crippen LogP contribution in [0.15, 0.2) is 11.6 Å². The van der Waals surface area contributed by atoms with E-state index in [4.69, 9.17) is 0 Å². The monoisotopic (exact) mass is 205 g/mol. The topological polar surface area (TPSA) is 28.2 Å². The summed E-state index contributed by atoms with van der Waals surface area (Å²) in [6.07, 6.45) is 1.86. The smallest absolute Gasteiger partial charge is 0.185 e. The van der Waals surface area contributed by atoms with E-state index in [1.54, 1.807) is 11.3 Å². The van der Waals surface area contributed by atoms with Gasteiger partial charge in [0, 0.05) is 37.8 Å². The minimum absolute atomic E-state index is 0. The van der Waals surface area contributed by atoms with E-state index >= 15 is 0 Å². The molecule has 2 rings (SSSR count). The van der Waals surface area contributed by atoms with Crippen LogP contribution in [0, 0.1) is 0 Å². The average molecular weight is 206 g/mol. The summed E-state index contributed by atoms with van der Waals surface area (Å²) >= 11 is 1.72. The highest BCUT2D eigenvalue weighted by molar-refractivity contribution is 7.13. The summed E-state index contributed by atoms with van der Waals surface area (Å²) < 4.78 is 0. The van der Waals surface area contributed by atoms with Crippen LogP contribution in [0.25, 0.3) is 0 Å². The van der Waals surface area contributed by atoms with Crippen LogP contribution < -0.4 is 10.2 Å². The molecule has 5 heteroatoms. The minimum Gasteiger partial charge on any atom is -0.346 e. The van der Waals surface area contributed by atoms with Crippen molar-refractivity contribution in [3.8, 4) is 0 Å². The molecular formula is C7H12ClN3S. The van der Waals surface area contributed by atoms with Crippen molar-refractivity contribution in [3.05, 3.63) is 11.6 Å². The molecule has 1 fully saturated rings. The summed E-state index contributed by atoms with van der Waals surface area (Å²) in [5, 5.41) is 6.50. The van der Waals surface area contributed by atoms with Crippen molar-refractivity contribution in [2.45, 2.75) is 0 Å². The lowest BCUT2D eigenvalue weighted by atomic mass is 10.4. The molecule has 1 N–H and O–H groups in total. The number of hydrogen-bond donors (Lipinski definition) is 1. The number of nitrogens with one attached hydrogen (secondary N) is 1. The van der Waals surface area contributed by atoms with Gasteiger partial charge in [0.05, 0.1) is 0 Å². The third kappa shape index (κ3) is 2.09. The Balaban J connectivity index is 0.000000720. The van der Waals surface area contributed by atoms with Gasteiger partial charge in [-0.1, -0.05) is 0 Å². The van der Waals surface area contributed by atoms with Gasteiger partial charge in [0.25, 0.3) is 0 Å². The fourth-order valence-corrected chi connectivity index (χ4v) is 1.93. The number of hydrogen-bond acceptors (Lipinski definition) is 4. The van der Waals surface area contributed by atoms with Crippen LogP contribution in [0.2, 0.25) is 0 Å². The molecule has 0 aromatic carbocycles. The molecule has 0 unspecified atom stereocenters. The normalized spacial score (nSPS) is 17.2. The van der Waals surface area contributed by atoms with E-state index in [0.717, 1.165) is 31.3 Å². The van der Waals surface area contributed by atoms with Crippen molar-refractivity contribution < 1.29 is 0 Å². The summed E-state index contributed by atoms with van der Waals surface area (Å²) in [6.45, 7) is 4.35. The summed E-state index contributed by atoms with van der Waals surface area (Å²) in [4.78, 5) is 6.58. The lowest BCUT2D eigenvalue weighted by Crippen LogP contribution is -2.43. The summed E-state index contributed by atoms with van der Waals surface area (Å²) in [6, 6.07) is 0. The second-order valence-electron chi connectivity index (χ2n) is 2.55. The highest BCUT2D eigenvalue weighted by Gasteiger charge is 2.11. The van der Waals surface area contributed by atoms with Gasteiger partial charge in [-0.15, -0.1) is 23.7 Å². The average Bonchev–Trinajstić information content (AvgIpc) is 2.58. The van der Waals surface area contributed by atoms with Gasteiger partial charge in [-0.3, -0.25) is 0 Å². The van der Waals surface area contributed by atoms with Gasteiger partial charge in [-0.2, -0.15) is 0 Å². The number of anilines is 1. The van der Waals surface area contributed by atoms with E-state index in [0.29, 0.717) is 0 Å². The summed E-state index contributed by atoms with van der Waals surface area (Å²) in [5.41, 5.74) is 0. The largest absolute Gasteiger partial charge is 0.346 e. The molecule has 68 valence electrons. The standard InChI is InChI=1S/C7H11N3S.ClH/c1-4-10(5-2-8-1)7-9-3-6-11-7;/h3,6,8H,1-2,4-5H2;1H. The second kappa shape index (κ2) is 4.64. The van der Waals surface area contributed by atoms with Crippen molar-refractivity contribution in [2.24, 2.45) is 0 Å². The molecule has 1 aromatic heterocycles. The van der Waals surface area contributed by atoms with Gasteiger partial charge in [-0.05, 0) is 0 Å². The number of halogens is 1. The van der Waals surface area contributed by atoms with Gasteiger partial charge < -0.3 is 10.2 Å². The first-order valence-corrected chi connectivity index (χ1v) is 4.70. The maximum Gasteiger partial charge on any atom is 0.185 e. The predicted octanol–water partition coefficient (Wildman–Crippen LogP) is 0.974. The molecule has 1 aliphatic rings. The molecule has 1 aromatic rings. The maximum absolute atomic E-state index is 4.26. The molecule has 0 aliphatic carbocycles. The van der Waals surface area contributed by atoms with Crippen molar-refractivity contribution in [2.75, 3.05) is 31.1 Å². The molecule has 1 aliphatic heterocycles. The van der Waals surface area contributed by atoms with Crippen molar-refractivity contribution in [1.29, 1.82) is 0 Å². The Bertz CT molecular complexity index is 208. The second-order valence-corrected chi connectivity index (χ2v) is 3.42. The predicted molar refractivity (Wildman–Crippen MR) is 54.4 cm³/mol. The molecule has 0 radical (unpaired) electrons. The number of piperazine rings is 1. The van der Waals surface area contributed by atoms with Gasteiger partial charge in [0.15, 0.2) is 5.13 Å². The Kier molecular flexibility index (Phi) is 3.78. The van der Waals surface area contributed by atoms with E-state index in [1.165, 1.54) is 0 Å².